The summed E-state index contributed by atoms with van der Waals surface area (Å²) in [5.74, 6) is -3.68. The first kappa shape index (κ1) is 41.9. The molecule has 0 aromatic heterocycles. The molecule has 4 rings (SSSR count). The summed E-state index contributed by atoms with van der Waals surface area (Å²) >= 11 is 0. The second-order valence-electron chi connectivity index (χ2n) is 15.2. The normalized spacial score (nSPS) is 22.9. The minimum absolute atomic E-state index is 0.0213. The van der Waals surface area contributed by atoms with Crippen molar-refractivity contribution in [2.45, 2.75) is 121 Å². The molecule has 1 unspecified atom stereocenters. The van der Waals surface area contributed by atoms with Crippen molar-refractivity contribution in [1.82, 2.24) is 16.0 Å². The van der Waals surface area contributed by atoms with E-state index in [0.717, 1.165) is 5.56 Å². The van der Waals surface area contributed by atoms with Gasteiger partial charge in [-0.15, -0.1) is 0 Å². The third-order valence-electron chi connectivity index (χ3n) is 10.4. The number of quaternary nitrogens is 1. The van der Waals surface area contributed by atoms with Crippen LogP contribution in [0.5, 0.6) is 0 Å². The highest BCUT2D eigenvalue weighted by Gasteiger charge is 2.60. The van der Waals surface area contributed by atoms with Crippen LogP contribution >= 0.6 is 0 Å². The van der Waals surface area contributed by atoms with Crippen LogP contribution in [0.15, 0.2) is 60.7 Å². The van der Waals surface area contributed by atoms with Crippen molar-refractivity contribution < 1.29 is 47.8 Å². The summed E-state index contributed by atoms with van der Waals surface area (Å²) in [6.45, 7) is 5.44. The van der Waals surface area contributed by atoms with Crippen LogP contribution in [-0.2, 0) is 46.5 Å². The number of likely N-dealkylation sites (tertiary alicyclic amines) is 1. The highest BCUT2D eigenvalue weighted by Crippen LogP contribution is 2.38. The molecule has 0 spiro atoms. The highest BCUT2D eigenvalue weighted by molar-refractivity contribution is 5.92. The van der Waals surface area contributed by atoms with E-state index in [2.05, 4.69) is 16.0 Å². The summed E-state index contributed by atoms with van der Waals surface area (Å²) in [5.41, 5.74) is 12.0. The molecule has 2 aromatic carbocycles. The van der Waals surface area contributed by atoms with Gasteiger partial charge in [0.25, 0.3) is 5.91 Å². The molecule has 2 fully saturated rings. The van der Waals surface area contributed by atoms with Crippen LogP contribution in [0.2, 0.25) is 0 Å². The fourth-order valence-electron chi connectivity index (χ4n) is 7.61. The number of aliphatic hydroxyl groups excluding tert-OH is 1. The largest absolute Gasteiger partial charge is 0.445 e. The second kappa shape index (κ2) is 18.9. The number of carbonyl (C=O) groups excluding carboxylic acids is 6. The van der Waals surface area contributed by atoms with Gasteiger partial charge in [-0.3, -0.25) is 19.2 Å². The Bertz CT molecular complexity index is 1610. The summed E-state index contributed by atoms with van der Waals surface area (Å²) in [6, 6.07) is 14.6. The van der Waals surface area contributed by atoms with Crippen molar-refractivity contribution in [1.29, 1.82) is 0 Å². The van der Waals surface area contributed by atoms with Crippen LogP contribution in [0.25, 0.3) is 0 Å². The van der Waals surface area contributed by atoms with Crippen molar-refractivity contribution in [3.05, 3.63) is 71.8 Å². The van der Waals surface area contributed by atoms with E-state index in [1.807, 2.05) is 30.3 Å². The smallest absolute Gasteiger partial charge is 0.407 e. The summed E-state index contributed by atoms with van der Waals surface area (Å²) < 4.78 is 10.7. The fourth-order valence-corrected chi connectivity index (χ4v) is 7.61. The molecule has 2 aliphatic rings. The number of hydrogen-bond acceptors (Lipinski definition) is 9. The number of amides is 6. The maximum Gasteiger partial charge on any atom is 0.407 e. The molecule has 1 saturated carbocycles. The van der Waals surface area contributed by atoms with Gasteiger partial charge in [-0.05, 0) is 64.0 Å². The van der Waals surface area contributed by atoms with Crippen LogP contribution in [0, 0.1) is 0 Å². The zero-order chi connectivity index (χ0) is 39.5. The Morgan fingerprint density at radius 2 is 1.48 bits per heavy atom. The lowest BCUT2D eigenvalue weighted by Gasteiger charge is -2.47. The number of nitrogens with two attached hydrogens (primary N) is 2. The van der Waals surface area contributed by atoms with Crippen LogP contribution < -0.4 is 27.4 Å². The van der Waals surface area contributed by atoms with Gasteiger partial charge >= 0.3 is 12.0 Å². The van der Waals surface area contributed by atoms with Crippen molar-refractivity contribution in [3.63, 3.8) is 0 Å². The molecule has 0 bridgehead atoms. The van der Waals surface area contributed by atoms with Crippen molar-refractivity contribution >= 4 is 35.6 Å². The Morgan fingerprint density at radius 1 is 0.870 bits per heavy atom. The number of ether oxygens (including phenoxy) is 2. The van der Waals surface area contributed by atoms with Gasteiger partial charge in [-0.2, -0.15) is 0 Å². The number of primary amides is 2. The minimum atomic E-state index is -1.78. The predicted octanol–water partition coefficient (Wildman–Crippen LogP) is 1.48. The molecule has 2 aromatic rings. The number of benzene rings is 2. The van der Waals surface area contributed by atoms with Gasteiger partial charge in [-0.1, -0.05) is 60.7 Å². The van der Waals surface area contributed by atoms with Gasteiger partial charge < -0.3 is 42.0 Å². The van der Waals surface area contributed by atoms with Crippen LogP contribution in [0.3, 0.4) is 0 Å². The Balaban J connectivity index is 1.36. The number of carbonyl (C=O) groups is 6. The lowest BCUT2D eigenvalue weighted by atomic mass is 9.93. The molecular formula is C39H55N6O9+. The van der Waals surface area contributed by atoms with Crippen LogP contribution in [0.4, 0.5) is 4.79 Å². The zero-order valence-corrected chi connectivity index (χ0v) is 31.3. The first-order valence-electron chi connectivity index (χ1n) is 18.5. The van der Waals surface area contributed by atoms with E-state index < -0.39 is 78.4 Å². The van der Waals surface area contributed by atoms with Crippen LogP contribution in [0.1, 0.15) is 76.8 Å². The average molecular weight is 752 g/mol. The first-order chi connectivity index (χ1) is 25.6. The Labute approximate surface area is 316 Å². The standard InChI is InChI=1S/C39H54N6O9/c1-39(2,3)45(20-10-15-31(45)35(41)49)37(51)34(48)29(21-25-11-6-4-7-12-25)44-36(50)30(22-32(40)46)43-33(47)24-53-28-18-16-27(17-19-28)42-38(52)54-23-26-13-8-5-9-14-26/h4-9,11-14,27-31,34,48H,10,15-24H2,1-3H3,(H6-,40,41,42,43,44,46,47,49,50,52)/p+1/t27?,28?,29-,30-,31-,34-,45?/m0/s1. The molecule has 1 aliphatic heterocycles. The van der Waals surface area contributed by atoms with Crippen LogP contribution in [-0.4, -0.2) is 100 Å². The molecule has 0 radical (unpaired) electrons. The number of alkyl carbamates (subject to hydrolysis) is 1. The number of nitrogens with one attached hydrogen (secondary N) is 3. The first-order valence-corrected chi connectivity index (χ1v) is 18.5. The lowest BCUT2D eigenvalue weighted by molar-refractivity contribution is -0.904. The lowest BCUT2D eigenvalue weighted by Crippen LogP contribution is -2.72. The molecule has 5 atom stereocenters. The maximum absolute atomic E-state index is 14.3. The van der Waals surface area contributed by atoms with Gasteiger partial charge in [0.2, 0.25) is 17.7 Å². The van der Waals surface area contributed by atoms with E-state index >= 15 is 0 Å². The molecule has 1 aliphatic carbocycles. The monoisotopic (exact) mass is 751 g/mol. The number of aliphatic hydroxyl groups is 1. The van der Waals surface area contributed by atoms with Gasteiger partial charge in [0.1, 0.15) is 19.3 Å². The van der Waals surface area contributed by atoms with Gasteiger partial charge in [0.15, 0.2) is 12.1 Å². The third kappa shape index (κ3) is 11.1. The Hall–Kier alpha value is -4.86. The summed E-state index contributed by atoms with van der Waals surface area (Å²) in [6.07, 6.45) is 0.173. The quantitative estimate of drug-likeness (QED) is 0.136. The zero-order valence-electron chi connectivity index (χ0n) is 31.3. The molecule has 1 heterocycles. The van der Waals surface area contributed by atoms with Gasteiger partial charge in [-0.25, -0.2) is 14.1 Å². The van der Waals surface area contributed by atoms with E-state index in [1.54, 1.807) is 51.1 Å². The molecule has 1 saturated heterocycles. The molecule has 15 heteroatoms. The van der Waals surface area contributed by atoms with Gasteiger partial charge in [0, 0.05) is 18.9 Å². The number of hydrogen-bond donors (Lipinski definition) is 6. The van der Waals surface area contributed by atoms with E-state index in [1.165, 1.54) is 0 Å². The number of nitrogens with zero attached hydrogens (tertiary/aromatic N) is 1. The molecule has 6 amide bonds. The maximum atomic E-state index is 14.3. The average Bonchev–Trinajstić information content (AvgIpc) is 3.61. The van der Waals surface area contributed by atoms with E-state index in [9.17, 15) is 33.9 Å². The fraction of sp³-hybridized carbons (Fsp3) is 0.538. The molecule has 294 valence electrons. The molecular weight excluding hydrogens is 696 g/mol. The Morgan fingerprint density at radius 3 is 2.06 bits per heavy atom. The summed E-state index contributed by atoms with van der Waals surface area (Å²) in [4.78, 5) is 78.0. The second-order valence-corrected chi connectivity index (χ2v) is 15.2. The minimum Gasteiger partial charge on any atom is -0.445 e. The van der Waals surface area contributed by atoms with Crippen molar-refractivity contribution in [2.75, 3.05) is 13.2 Å². The van der Waals surface area contributed by atoms with Crippen molar-refractivity contribution in [2.24, 2.45) is 11.5 Å². The SMILES string of the molecule is CC(C)(C)[N+]1(C(=O)[C@@H](O)[C@H](Cc2ccccc2)NC(=O)[C@H](CC(N)=O)NC(=O)COC2CCC(NC(=O)OCc3ccccc3)CC2)CCC[C@H]1C(N)=O. The van der Waals surface area contributed by atoms with E-state index in [-0.39, 0.29) is 36.2 Å². The van der Waals surface area contributed by atoms with Crippen molar-refractivity contribution in [3.8, 4) is 0 Å². The Kier molecular flexibility index (Phi) is 14.7. The molecule has 8 N–H and O–H groups in total. The van der Waals surface area contributed by atoms with E-state index in [4.69, 9.17) is 20.9 Å². The topological polar surface area (TPSA) is 229 Å². The summed E-state index contributed by atoms with van der Waals surface area (Å²) in [7, 11) is 0. The van der Waals surface area contributed by atoms with Gasteiger partial charge in [0.05, 0.1) is 30.7 Å². The highest BCUT2D eigenvalue weighted by atomic mass is 16.5. The predicted molar refractivity (Wildman–Crippen MR) is 198 cm³/mol. The number of rotatable bonds is 16. The third-order valence-corrected chi connectivity index (χ3v) is 10.4. The molecule has 54 heavy (non-hydrogen) atoms. The van der Waals surface area contributed by atoms with E-state index in [0.29, 0.717) is 44.1 Å². The summed E-state index contributed by atoms with van der Waals surface area (Å²) in [5, 5.41) is 19.8. The molecule has 15 nitrogen and oxygen atoms in total.